The fourth-order valence-corrected chi connectivity index (χ4v) is 1.79. The molecule has 0 radical (unpaired) electrons. The monoisotopic (exact) mass is 223 g/mol. The lowest BCUT2D eigenvalue weighted by Crippen LogP contribution is -2.28. The van der Waals surface area contributed by atoms with Crippen molar-refractivity contribution < 1.29 is 4.79 Å². The van der Waals surface area contributed by atoms with E-state index in [0.717, 1.165) is 24.0 Å². The maximum atomic E-state index is 12.0. The van der Waals surface area contributed by atoms with E-state index in [1.54, 1.807) is 0 Å². The van der Waals surface area contributed by atoms with Gasteiger partial charge in [-0.2, -0.15) is 0 Å². The molecule has 2 rings (SSSR count). The van der Waals surface area contributed by atoms with E-state index in [4.69, 9.17) is 11.6 Å². The third-order valence-electron chi connectivity index (χ3n) is 2.74. The Morgan fingerprint density at radius 3 is 2.87 bits per heavy atom. The summed E-state index contributed by atoms with van der Waals surface area (Å²) in [6, 6.07) is 7.98. The van der Waals surface area contributed by atoms with Crippen molar-refractivity contribution in [1.29, 1.82) is 0 Å². The van der Waals surface area contributed by atoms with Crippen LogP contribution in [0.5, 0.6) is 0 Å². The molecule has 0 N–H and O–H groups in total. The van der Waals surface area contributed by atoms with Crippen molar-refractivity contribution in [3.63, 3.8) is 0 Å². The maximum absolute atomic E-state index is 12.0. The summed E-state index contributed by atoms with van der Waals surface area (Å²) < 4.78 is 0. The summed E-state index contributed by atoms with van der Waals surface area (Å²) in [5.41, 5.74) is 1.73. The Labute approximate surface area is 94.8 Å². The number of rotatable bonds is 3. The predicted octanol–water partition coefficient (Wildman–Crippen LogP) is 2.66. The number of hydrogen-bond donors (Lipinski definition) is 0. The van der Waals surface area contributed by atoms with Gasteiger partial charge in [0.25, 0.3) is 5.91 Å². The van der Waals surface area contributed by atoms with Crippen LogP contribution in [0.2, 0.25) is 0 Å². The van der Waals surface area contributed by atoms with Crippen LogP contribution in [0, 0.1) is 0 Å². The molecule has 1 aliphatic carbocycles. The zero-order valence-corrected chi connectivity index (χ0v) is 9.50. The molecule has 1 aromatic carbocycles. The molecular formula is C12H14ClNO. The van der Waals surface area contributed by atoms with Crippen LogP contribution < -0.4 is 0 Å². The number of nitrogens with zero attached hydrogens (tertiary/aromatic N) is 1. The number of carbonyl (C=O) groups is 1. The number of halogens is 1. The number of benzene rings is 1. The van der Waals surface area contributed by atoms with Crippen molar-refractivity contribution in [1.82, 2.24) is 4.90 Å². The van der Waals surface area contributed by atoms with E-state index in [2.05, 4.69) is 0 Å². The summed E-state index contributed by atoms with van der Waals surface area (Å²) in [5, 5.41) is 0. The molecule has 3 heteroatoms. The van der Waals surface area contributed by atoms with E-state index < -0.39 is 0 Å². The highest BCUT2D eigenvalue weighted by Crippen LogP contribution is 2.26. The molecule has 0 heterocycles. The van der Waals surface area contributed by atoms with E-state index >= 15 is 0 Å². The van der Waals surface area contributed by atoms with Crippen LogP contribution in [-0.4, -0.2) is 23.9 Å². The SMILES string of the molecule is CN(C(=O)c1cccc(CCl)c1)C1CC1. The second kappa shape index (κ2) is 4.23. The fraction of sp³-hybridized carbons (Fsp3) is 0.417. The number of carbonyl (C=O) groups excluding carboxylic acids is 1. The molecule has 0 bridgehead atoms. The van der Waals surface area contributed by atoms with Gasteiger partial charge < -0.3 is 4.90 Å². The Balaban J connectivity index is 2.16. The first-order valence-corrected chi connectivity index (χ1v) is 5.68. The zero-order valence-electron chi connectivity index (χ0n) is 8.74. The van der Waals surface area contributed by atoms with Crippen LogP contribution >= 0.6 is 11.6 Å². The molecule has 1 saturated carbocycles. The fourth-order valence-electron chi connectivity index (χ4n) is 1.62. The van der Waals surface area contributed by atoms with Crippen molar-refractivity contribution in [2.24, 2.45) is 0 Å². The summed E-state index contributed by atoms with van der Waals surface area (Å²) >= 11 is 5.73. The molecule has 1 aliphatic rings. The van der Waals surface area contributed by atoms with Gasteiger partial charge in [0.2, 0.25) is 0 Å². The third-order valence-corrected chi connectivity index (χ3v) is 3.05. The van der Waals surface area contributed by atoms with Gasteiger partial charge in [-0.05, 0) is 30.5 Å². The van der Waals surface area contributed by atoms with Crippen molar-refractivity contribution in [2.75, 3.05) is 7.05 Å². The maximum Gasteiger partial charge on any atom is 0.253 e. The van der Waals surface area contributed by atoms with Crippen molar-refractivity contribution in [2.45, 2.75) is 24.8 Å². The first kappa shape index (κ1) is 10.5. The Hall–Kier alpha value is -1.02. The zero-order chi connectivity index (χ0) is 10.8. The Morgan fingerprint density at radius 1 is 1.53 bits per heavy atom. The van der Waals surface area contributed by atoms with Gasteiger partial charge in [-0.1, -0.05) is 12.1 Å². The van der Waals surface area contributed by atoms with Crippen LogP contribution in [-0.2, 0) is 5.88 Å². The smallest absolute Gasteiger partial charge is 0.253 e. The van der Waals surface area contributed by atoms with Gasteiger partial charge in [-0.3, -0.25) is 4.79 Å². The van der Waals surface area contributed by atoms with E-state index in [-0.39, 0.29) is 5.91 Å². The van der Waals surface area contributed by atoms with E-state index in [9.17, 15) is 4.79 Å². The summed E-state index contributed by atoms with van der Waals surface area (Å²) in [6.45, 7) is 0. The van der Waals surface area contributed by atoms with Gasteiger partial charge >= 0.3 is 0 Å². The highest BCUT2D eigenvalue weighted by atomic mass is 35.5. The standard InChI is InChI=1S/C12H14ClNO/c1-14(11-5-6-11)12(15)10-4-2-3-9(7-10)8-13/h2-4,7,11H,5-6,8H2,1H3. The van der Waals surface area contributed by atoms with Crippen molar-refractivity contribution >= 4 is 17.5 Å². The van der Waals surface area contributed by atoms with Crippen molar-refractivity contribution in [3.05, 3.63) is 35.4 Å². The lowest BCUT2D eigenvalue weighted by molar-refractivity contribution is 0.0785. The van der Waals surface area contributed by atoms with E-state index in [0.29, 0.717) is 11.9 Å². The van der Waals surface area contributed by atoms with Gasteiger partial charge in [0.15, 0.2) is 0 Å². The number of alkyl halides is 1. The minimum Gasteiger partial charge on any atom is -0.339 e. The number of amides is 1. The van der Waals surface area contributed by atoms with Crippen molar-refractivity contribution in [3.8, 4) is 0 Å². The molecule has 1 fully saturated rings. The normalized spacial score (nSPS) is 15.1. The van der Waals surface area contributed by atoms with Gasteiger partial charge in [0.05, 0.1) is 0 Å². The van der Waals surface area contributed by atoms with Gasteiger partial charge in [0.1, 0.15) is 0 Å². The lowest BCUT2D eigenvalue weighted by Gasteiger charge is -2.16. The molecule has 1 amide bonds. The van der Waals surface area contributed by atoms with Crippen LogP contribution in [0.4, 0.5) is 0 Å². The average molecular weight is 224 g/mol. The minimum absolute atomic E-state index is 0.101. The number of hydrogen-bond acceptors (Lipinski definition) is 1. The molecule has 15 heavy (non-hydrogen) atoms. The summed E-state index contributed by atoms with van der Waals surface area (Å²) in [5.74, 6) is 0.554. The topological polar surface area (TPSA) is 20.3 Å². The van der Waals surface area contributed by atoms with Crippen LogP contribution in [0.15, 0.2) is 24.3 Å². The molecule has 0 unspecified atom stereocenters. The van der Waals surface area contributed by atoms with Crippen LogP contribution in [0.25, 0.3) is 0 Å². The Kier molecular flexibility index (Phi) is 2.96. The molecule has 0 aromatic heterocycles. The molecule has 0 atom stereocenters. The minimum atomic E-state index is 0.101. The van der Waals surface area contributed by atoms with Crippen LogP contribution in [0.1, 0.15) is 28.8 Å². The van der Waals surface area contributed by atoms with Crippen LogP contribution in [0.3, 0.4) is 0 Å². The third kappa shape index (κ3) is 2.32. The Bertz CT molecular complexity index is 374. The van der Waals surface area contributed by atoms with E-state index in [1.165, 1.54) is 0 Å². The molecule has 0 spiro atoms. The molecule has 0 saturated heterocycles. The Morgan fingerprint density at radius 2 is 2.27 bits per heavy atom. The molecular weight excluding hydrogens is 210 g/mol. The highest BCUT2D eigenvalue weighted by molar-refractivity contribution is 6.17. The molecule has 80 valence electrons. The highest BCUT2D eigenvalue weighted by Gasteiger charge is 2.29. The lowest BCUT2D eigenvalue weighted by atomic mass is 10.1. The van der Waals surface area contributed by atoms with Gasteiger partial charge in [-0.25, -0.2) is 0 Å². The summed E-state index contributed by atoms with van der Waals surface area (Å²) in [6.07, 6.45) is 2.27. The second-order valence-corrected chi connectivity index (χ2v) is 4.25. The van der Waals surface area contributed by atoms with E-state index in [1.807, 2.05) is 36.2 Å². The molecule has 0 aliphatic heterocycles. The molecule has 2 nitrogen and oxygen atoms in total. The quantitative estimate of drug-likeness (QED) is 0.722. The summed E-state index contributed by atoms with van der Waals surface area (Å²) in [7, 11) is 1.87. The van der Waals surface area contributed by atoms with Gasteiger partial charge in [0, 0.05) is 24.5 Å². The second-order valence-electron chi connectivity index (χ2n) is 3.98. The average Bonchev–Trinajstić information content (AvgIpc) is 3.11. The first-order valence-electron chi connectivity index (χ1n) is 5.14. The van der Waals surface area contributed by atoms with Gasteiger partial charge in [-0.15, -0.1) is 11.6 Å². The largest absolute Gasteiger partial charge is 0.339 e. The predicted molar refractivity (Wildman–Crippen MR) is 61.1 cm³/mol. The summed E-state index contributed by atoms with van der Waals surface area (Å²) in [4.78, 5) is 13.8. The molecule has 1 aromatic rings. The first-order chi connectivity index (χ1) is 7.22.